The molecule has 11 unspecified atom stereocenters. The minimum absolute atomic E-state index is 0.0499. The maximum Gasteiger partial charge on any atom is 0.306 e. The molecule has 11 atom stereocenters. The van der Waals surface area contributed by atoms with Gasteiger partial charge in [0.05, 0.1) is 26.4 Å². The van der Waals surface area contributed by atoms with E-state index in [1.807, 2.05) is 0 Å². The summed E-state index contributed by atoms with van der Waals surface area (Å²) in [7, 11) is 0. The van der Waals surface area contributed by atoms with Crippen LogP contribution in [0.2, 0.25) is 0 Å². The average Bonchev–Trinajstić information content (AvgIpc) is 3.36. The second kappa shape index (κ2) is 43.4. The third-order valence-corrected chi connectivity index (χ3v) is 13.1. The normalized spacial score (nSPS) is 25.8. The second-order valence-electron chi connectivity index (χ2n) is 19.4. The van der Waals surface area contributed by atoms with Crippen LogP contribution < -0.4 is 0 Å². The number of carbonyl (C=O) groups excluding carboxylic acids is 1. The minimum atomic E-state index is -1.71. The lowest BCUT2D eigenvalue weighted by Crippen LogP contribution is -2.61. The van der Waals surface area contributed by atoms with Crippen LogP contribution in [0, 0.1) is 0 Å². The lowest BCUT2D eigenvalue weighted by molar-refractivity contribution is -0.332. The first kappa shape index (κ1) is 64.1. The Morgan fingerprint density at radius 1 is 0.486 bits per heavy atom. The van der Waals surface area contributed by atoms with Crippen molar-refractivity contribution in [1.82, 2.24) is 0 Å². The molecule has 408 valence electrons. The summed E-state index contributed by atoms with van der Waals surface area (Å²) in [6.07, 6.45) is 34.5. The average molecular weight is 997 g/mol. The van der Waals surface area contributed by atoms with Gasteiger partial charge in [0.25, 0.3) is 0 Å². The molecule has 70 heavy (non-hydrogen) atoms. The van der Waals surface area contributed by atoms with Gasteiger partial charge in [0, 0.05) is 13.0 Å². The van der Waals surface area contributed by atoms with E-state index in [-0.39, 0.29) is 25.6 Å². The summed E-state index contributed by atoms with van der Waals surface area (Å²) >= 11 is 0. The molecule has 0 saturated carbocycles. The van der Waals surface area contributed by atoms with Crippen LogP contribution in [-0.2, 0) is 33.2 Å². The van der Waals surface area contributed by atoms with Gasteiger partial charge in [-0.2, -0.15) is 0 Å². The van der Waals surface area contributed by atoms with Gasteiger partial charge in [0.15, 0.2) is 12.6 Å². The molecule has 0 aromatic heterocycles. The fourth-order valence-corrected chi connectivity index (χ4v) is 8.63. The fourth-order valence-electron chi connectivity index (χ4n) is 8.63. The van der Waals surface area contributed by atoms with Crippen LogP contribution in [0.3, 0.4) is 0 Å². The first-order chi connectivity index (χ1) is 34.1. The quantitative estimate of drug-likeness (QED) is 0.0172. The highest BCUT2D eigenvalue weighted by Gasteiger charge is 2.47. The maximum absolute atomic E-state index is 13.0. The molecule has 0 amide bonds. The van der Waals surface area contributed by atoms with E-state index in [1.165, 1.54) is 89.9 Å². The maximum atomic E-state index is 13.0. The molecule has 0 bridgehead atoms. The Labute approximate surface area is 422 Å². The van der Waals surface area contributed by atoms with Gasteiger partial charge in [-0.3, -0.25) is 4.79 Å². The van der Waals surface area contributed by atoms with E-state index in [2.05, 4.69) is 62.5 Å². The van der Waals surface area contributed by atoms with Gasteiger partial charge in [-0.05, 0) is 51.4 Å². The third kappa shape index (κ3) is 30.2. The largest absolute Gasteiger partial charge is 0.457 e. The van der Waals surface area contributed by atoms with Crippen molar-refractivity contribution in [2.75, 3.05) is 33.0 Å². The number of aliphatic hydroxyl groups is 7. The molecule has 0 spiro atoms. The Bertz CT molecular complexity index is 1340. The van der Waals surface area contributed by atoms with Gasteiger partial charge < -0.3 is 64.2 Å². The van der Waals surface area contributed by atoms with Gasteiger partial charge in [-0.15, -0.1) is 0 Å². The van der Waals surface area contributed by atoms with Crippen LogP contribution in [0.1, 0.15) is 200 Å². The molecule has 2 aliphatic heterocycles. The number of esters is 1. The molecule has 14 heteroatoms. The second-order valence-corrected chi connectivity index (χ2v) is 19.4. The summed E-state index contributed by atoms with van der Waals surface area (Å²) in [4.78, 5) is 13.0. The molecule has 2 fully saturated rings. The van der Waals surface area contributed by atoms with Crippen LogP contribution in [0.5, 0.6) is 0 Å². The van der Waals surface area contributed by atoms with E-state index in [9.17, 15) is 40.5 Å². The first-order valence-corrected chi connectivity index (χ1v) is 27.7. The minimum Gasteiger partial charge on any atom is -0.457 e. The van der Waals surface area contributed by atoms with Crippen LogP contribution in [0.15, 0.2) is 48.6 Å². The van der Waals surface area contributed by atoms with Gasteiger partial charge in [-0.1, -0.05) is 191 Å². The zero-order valence-electron chi connectivity index (χ0n) is 43.5. The predicted octanol–water partition coefficient (Wildman–Crippen LogP) is 9.13. The van der Waals surface area contributed by atoms with Crippen molar-refractivity contribution in [1.29, 1.82) is 0 Å². The lowest BCUT2D eigenvalue weighted by atomic mass is 9.98. The Hall–Kier alpha value is -2.05. The number of unbranched alkanes of at least 4 members (excludes halogenated alkanes) is 22. The van der Waals surface area contributed by atoms with Crippen molar-refractivity contribution in [2.45, 2.75) is 268 Å². The van der Waals surface area contributed by atoms with Crippen molar-refractivity contribution >= 4 is 5.97 Å². The highest BCUT2D eigenvalue weighted by atomic mass is 16.7. The summed E-state index contributed by atoms with van der Waals surface area (Å²) in [5, 5.41) is 72.2. The van der Waals surface area contributed by atoms with Gasteiger partial charge in [0.2, 0.25) is 0 Å². The number of ether oxygens (including phenoxy) is 6. The fraction of sp³-hybridized carbons (Fsp3) is 0.839. The molecule has 2 rings (SSSR count). The third-order valence-electron chi connectivity index (χ3n) is 13.1. The predicted molar refractivity (Wildman–Crippen MR) is 275 cm³/mol. The molecule has 14 nitrogen and oxygen atoms in total. The molecule has 0 aliphatic carbocycles. The Balaban J connectivity index is 1.75. The van der Waals surface area contributed by atoms with Crippen LogP contribution in [0.4, 0.5) is 0 Å². The van der Waals surface area contributed by atoms with Crippen molar-refractivity contribution in [3.63, 3.8) is 0 Å². The number of hydrogen-bond acceptors (Lipinski definition) is 14. The molecule has 0 aromatic carbocycles. The van der Waals surface area contributed by atoms with Crippen molar-refractivity contribution < 1.29 is 69.0 Å². The molecular weight excluding hydrogens is 897 g/mol. The summed E-state index contributed by atoms with van der Waals surface area (Å²) in [6.45, 7) is 3.55. The van der Waals surface area contributed by atoms with Gasteiger partial charge in [0.1, 0.15) is 54.9 Å². The smallest absolute Gasteiger partial charge is 0.306 e. The van der Waals surface area contributed by atoms with E-state index in [1.54, 1.807) is 0 Å². The Morgan fingerprint density at radius 2 is 0.929 bits per heavy atom. The number of aliphatic hydroxyl groups excluding tert-OH is 7. The van der Waals surface area contributed by atoms with E-state index in [0.717, 1.165) is 83.5 Å². The number of carbonyl (C=O) groups is 1. The van der Waals surface area contributed by atoms with Crippen molar-refractivity contribution in [2.24, 2.45) is 0 Å². The summed E-state index contributed by atoms with van der Waals surface area (Å²) in [6, 6.07) is 0. The number of hydrogen-bond donors (Lipinski definition) is 7. The zero-order chi connectivity index (χ0) is 50.9. The van der Waals surface area contributed by atoms with E-state index in [0.29, 0.717) is 13.0 Å². The summed E-state index contributed by atoms with van der Waals surface area (Å²) in [5.41, 5.74) is 0. The van der Waals surface area contributed by atoms with Gasteiger partial charge >= 0.3 is 5.97 Å². The van der Waals surface area contributed by atoms with Crippen molar-refractivity contribution in [3.05, 3.63) is 48.6 Å². The molecular formula is C56H100O14. The molecule has 7 N–H and O–H groups in total. The molecule has 0 aromatic rings. The highest BCUT2D eigenvalue weighted by molar-refractivity contribution is 5.69. The van der Waals surface area contributed by atoms with Crippen LogP contribution >= 0.6 is 0 Å². The molecule has 2 aliphatic rings. The molecule has 0 radical (unpaired) electrons. The number of allylic oxidation sites excluding steroid dienone is 8. The van der Waals surface area contributed by atoms with Crippen molar-refractivity contribution in [3.8, 4) is 0 Å². The molecule has 2 heterocycles. The Morgan fingerprint density at radius 3 is 1.46 bits per heavy atom. The van der Waals surface area contributed by atoms with Crippen LogP contribution in [-0.4, -0.2) is 142 Å². The van der Waals surface area contributed by atoms with E-state index >= 15 is 0 Å². The Kier molecular flexibility index (Phi) is 39.7. The van der Waals surface area contributed by atoms with E-state index < -0.39 is 80.7 Å². The highest BCUT2D eigenvalue weighted by Crippen LogP contribution is 2.26. The SMILES string of the molecule is CC/C=C\C/C=C\C/C=C\C/C=C\CCCCCCCOCC(COC1OC(COC2OC(CO)C(O)C(O)C2O)C(O)C(O)C1O)OC(=O)CCCCCCCCCCCCCCCCCCCC. The standard InChI is InChI=1S/C56H100O14/c1-3-5-7-9-11-13-15-17-19-21-23-25-27-29-31-33-35-37-39-48(58)68-45(42-65-40-38-36-34-32-30-28-26-24-22-20-18-16-14-12-10-8-6-4-2)43-66-55-54(64)52(62)50(60)47(70-55)44-67-56-53(63)51(61)49(59)46(41-57)69-56/h6,8,12,14,18,20,24,26,45-47,49-57,59-64H,3-5,7,9-11,13,15-17,19,21-23,25,27-44H2,1-2H3/b8-6-,14-12-,20-18-,26-24-. The van der Waals surface area contributed by atoms with E-state index in [4.69, 9.17) is 28.4 Å². The zero-order valence-corrected chi connectivity index (χ0v) is 43.5. The first-order valence-electron chi connectivity index (χ1n) is 27.7. The molecule has 2 saturated heterocycles. The topological polar surface area (TPSA) is 214 Å². The number of rotatable bonds is 44. The summed E-state index contributed by atoms with van der Waals surface area (Å²) in [5.74, 6) is -0.381. The van der Waals surface area contributed by atoms with Gasteiger partial charge in [-0.25, -0.2) is 0 Å². The monoisotopic (exact) mass is 997 g/mol. The lowest BCUT2D eigenvalue weighted by Gasteiger charge is -2.42. The summed E-state index contributed by atoms with van der Waals surface area (Å²) < 4.78 is 34.3. The van der Waals surface area contributed by atoms with Crippen LogP contribution in [0.25, 0.3) is 0 Å².